The Kier molecular flexibility index (Phi) is 7.21. The largest absolute Gasteiger partial charge is 0.370 e. The van der Waals surface area contributed by atoms with Crippen molar-refractivity contribution in [2.45, 2.75) is 32.6 Å². The number of anilines is 1. The molecule has 0 aliphatic rings. The number of amides is 1. The smallest absolute Gasteiger partial charge is 0.251 e. The number of aromatic nitrogens is 1. The number of carbonyl (C=O) groups is 1. The van der Waals surface area contributed by atoms with E-state index >= 15 is 0 Å². The van der Waals surface area contributed by atoms with Crippen LogP contribution in [-0.2, 0) is 6.42 Å². The first-order valence-corrected chi connectivity index (χ1v) is 8.42. The molecule has 0 aliphatic heterocycles. The second kappa shape index (κ2) is 9.65. The summed E-state index contributed by atoms with van der Waals surface area (Å²) in [5.74, 6) is 0.325. The Morgan fingerprint density at radius 1 is 1.17 bits per heavy atom. The van der Waals surface area contributed by atoms with E-state index in [1.165, 1.54) is 6.07 Å². The summed E-state index contributed by atoms with van der Waals surface area (Å²) in [6.45, 7) is 3.37. The topological polar surface area (TPSA) is 54.0 Å². The molecule has 128 valence electrons. The highest BCUT2D eigenvalue weighted by Gasteiger charge is 2.06. The molecule has 2 N–H and O–H groups in total. The molecule has 0 aliphatic carbocycles. The molecule has 1 amide bonds. The minimum absolute atomic E-state index is 0.0920. The Morgan fingerprint density at radius 2 is 2.00 bits per heavy atom. The molecule has 2 rings (SSSR count). The first-order chi connectivity index (χ1) is 11.7. The predicted octanol–water partition coefficient (Wildman–Crippen LogP) is 3.80. The standard InChI is InChI=1S/C19H24FN3O/c1-2-3-6-11-23-19(24)16-10-13-22-18(14-16)21-12-9-15-7-4-5-8-17(15)20/h4-5,7-8,10,13-14H,2-3,6,9,11-12H2,1H3,(H,21,22)(H,23,24). The number of rotatable bonds is 9. The van der Waals surface area contributed by atoms with Crippen LogP contribution in [0.15, 0.2) is 42.6 Å². The van der Waals surface area contributed by atoms with Crippen LogP contribution < -0.4 is 10.6 Å². The fourth-order valence-corrected chi connectivity index (χ4v) is 2.37. The zero-order chi connectivity index (χ0) is 17.2. The molecule has 0 fully saturated rings. The number of unbranched alkanes of at least 4 members (excludes halogenated alkanes) is 2. The van der Waals surface area contributed by atoms with Gasteiger partial charge in [0.2, 0.25) is 0 Å². The lowest BCUT2D eigenvalue weighted by Gasteiger charge is -2.09. The number of nitrogens with zero attached hydrogens (tertiary/aromatic N) is 1. The van der Waals surface area contributed by atoms with Crippen molar-refractivity contribution in [1.29, 1.82) is 0 Å². The van der Waals surface area contributed by atoms with Gasteiger partial charge in [0, 0.05) is 24.8 Å². The lowest BCUT2D eigenvalue weighted by Crippen LogP contribution is -2.24. The van der Waals surface area contributed by atoms with Crippen molar-refractivity contribution in [3.8, 4) is 0 Å². The molecule has 0 unspecified atom stereocenters. The molecule has 1 heterocycles. The minimum Gasteiger partial charge on any atom is -0.370 e. The predicted molar refractivity (Wildman–Crippen MR) is 94.7 cm³/mol. The molecule has 0 saturated heterocycles. The molecule has 24 heavy (non-hydrogen) atoms. The molecular formula is C19H24FN3O. The van der Waals surface area contributed by atoms with Crippen molar-refractivity contribution in [2.75, 3.05) is 18.4 Å². The van der Waals surface area contributed by atoms with Gasteiger partial charge in [-0.1, -0.05) is 38.0 Å². The van der Waals surface area contributed by atoms with E-state index in [2.05, 4.69) is 22.5 Å². The average Bonchev–Trinajstić information content (AvgIpc) is 2.60. The molecule has 0 radical (unpaired) electrons. The van der Waals surface area contributed by atoms with E-state index < -0.39 is 0 Å². The molecule has 4 nitrogen and oxygen atoms in total. The number of pyridine rings is 1. The molecule has 0 saturated carbocycles. The third-order valence-electron chi connectivity index (χ3n) is 3.75. The molecule has 1 aromatic heterocycles. The number of nitrogens with one attached hydrogen (secondary N) is 2. The number of hydrogen-bond acceptors (Lipinski definition) is 3. The van der Waals surface area contributed by atoms with Crippen LogP contribution in [0.4, 0.5) is 10.2 Å². The lowest BCUT2D eigenvalue weighted by atomic mass is 10.1. The van der Waals surface area contributed by atoms with Crippen LogP contribution in [0.5, 0.6) is 0 Å². The van der Waals surface area contributed by atoms with Gasteiger partial charge < -0.3 is 10.6 Å². The second-order valence-corrected chi connectivity index (χ2v) is 5.66. The van der Waals surface area contributed by atoms with Crippen molar-refractivity contribution in [3.63, 3.8) is 0 Å². The van der Waals surface area contributed by atoms with Crippen molar-refractivity contribution in [3.05, 3.63) is 59.5 Å². The van der Waals surface area contributed by atoms with Crippen molar-refractivity contribution in [1.82, 2.24) is 10.3 Å². The van der Waals surface area contributed by atoms with Gasteiger partial charge in [0.15, 0.2) is 0 Å². The summed E-state index contributed by atoms with van der Waals surface area (Å²) in [5, 5.41) is 6.04. The highest BCUT2D eigenvalue weighted by molar-refractivity contribution is 5.94. The van der Waals surface area contributed by atoms with Crippen LogP contribution in [0.25, 0.3) is 0 Å². The Bertz CT molecular complexity index is 661. The van der Waals surface area contributed by atoms with Gasteiger partial charge in [0.1, 0.15) is 11.6 Å². The number of benzene rings is 1. The molecule has 2 aromatic rings. The highest BCUT2D eigenvalue weighted by Crippen LogP contribution is 2.10. The minimum atomic E-state index is -0.201. The third-order valence-corrected chi connectivity index (χ3v) is 3.75. The number of halogens is 1. The van der Waals surface area contributed by atoms with Gasteiger partial charge in [-0.3, -0.25) is 4.79 Å². The van der Waals surface area contributed by atoms with Gasteiger partial charge in [-0.25, -0.2) is 9.37 Å². The van der Waals surface area contributed by atoms with E-state index in [4.69, 9.17) is 0 Å². The maximum atomic E-state index is 13.6. The van der Waals surface area contributed by atoms with Gasteiger partial charge in [0.25, 0.3) is 5.91 Å². The van der Waals surface area contributed by atoms with Crippen molar-refractivity contribution in [2.24, 2.45) is 0 Å². The summed E-state index contributed by atoms with van der Waals surface area (Å²) in [6.07, 6.45) is 5.38. The zero-order valence-electron chi connectivity index (χ0n) is 14.0. The third kappa shape index (κ3) is 5.65. The molecule has 0 bridgehead atoms. The van der Waals surface area contributed by atoms with Gasteiger partial charge in [0.05, 0.1) is 0 Å². The van der Waals surface area contributed by atoms with E-state index in [1.54, 1.807) is 30.5 Å². The van der Waals surface area contributed by atoms with E-state index in [9.17, 15) is 9.18 Å². The first kappa shape index (κ1) is 17.9. The van der Waals surface area contributed by atoms with E-state index in [0.717, 1.165) is 19.3 Å². The van der Waals surface area contributed by atoms with E-state index in [0.29, 0.717) is 36.5 Å². The summed E-state index contributed by atoms with van der Waals surface area (Å²) in [7, 11) is 0. The summed E-state index contributed by atoms with van der Waals surface area (Å²) < 4.78 is 13.6. The highest BCUT2D eigenvalue weighted by atomic mass is 19.1. The van der Waals surface area contributed by atoms with E-state index in [-0.39, 0.29) is 11.7 Å². The monoisotopic (exact) mass is 329 g/mol. The Morgan fingerprint density at radius 3 is 2.79 bits per heavy atom. The van der Waals surface area contributed by atoms with Gasteiger partial charge in [-0.15, -0.1) is 0 Å². The molecule has 1 aromatic carbocycles. The first-order valence-electron chi connectivity index (χ1n) is 8.42. The second-order valence-electron chi connectivity index (χ2n) is 5.66. The van der Waals surface area contributed by atoms with Crippen LogP contribution in [0, 0.1) is 5.82 Å². The molecule has 0 spiro atoms. The average molecular weight is 329 g/mol. The summed E-state index contributed by atoms with van der Waals surface area (Å²) in [6, 6.07) is 10.1. The zero-order valence-corrected chi connectivity index (χ0v) is 14.0. The Hall–Kier alpha value is -2.43. The van der Waals surface area contributed by atoms with Gasteiger partial charge in [-0.05, 0) is 36.6 Å². The van der Waals surface area contributed by atoms with Crippen molar-refractivity contribution < 1.29 is 9.18 Å². The van der Waals surface area contributed by atoms with Crippen LogP contribution in [0.2, 0.25) is 0 Å². The lowest BCUT2D eigenvalue weighted by molar-refractivity contribution is 0.0953. The summed E-state index contributed by atoms with van der Waals surface area (Å²) >= 11 is 0. The van der Waals surface area contributed by atoms with Gasteiger partial charge >= 0.3 is 0 Å². The number of hydrogen-bond donors (Lipinski definition) is 2. The fourth-order valence-electron chi connectivity index (χ4n) is 2.37. The van der Waals surface area contributed by atoms with Crippen LogP contribution in [0.3, 0.4) is 0 Å². The maximum absolute atomic E-state index is 13.6. The molecular weight excluding hydrogens is 305 g/mol. The maximum Gasteiger partial charge on any atom is 0.251 e. The Labute approximate surface area is 142 Å². The Balaban J connectivity index is 1.84. The van der Waals surface area contributed by atoms with Gasteiger partial charge in [-0.2, -0.15) is 0 Å². The van der Waals surface area contributed by atoms with Crippen LogP contribution in [0.1, 0.15) is 42.1 Å². The van der Waals surface area contributed by atoms with E-state index in [1.807, 2.05) is 6.07 Å². The molecule has 5 heteroatoms. The molecule has 0 atom stereocenters. The van der Waals surface area contributed by atoms with Crippen molar-refractivity contribution >= 4 is 11.7 Å². The summed E-state index contributed by atoms with van der Waals surface area (Å²) in [4.78, 5) is 16.3. The number of carbonyl (C=O) groups excluding carboxylic acids is 1. The SMILES string of the molecule is CCCCCNC(=O)c1ccnc(NCCc2ccccc2F)c1. The quantitative estimate of drug-likeness (QED) is 0.688. The van der Waals surface area contributed by atoms with Crippen LogP contribution in [-0.4, -0.2) is 24.0 Å². The normalized spacial score (nSPS) is 10.4. The fraction of sp³-hybridized carbons (Fsp3) is 0.368. The van der Waals surface area contributed by atoms with Crippen LogP contribution >= 0.6 is 0 Å². The summed E-state index contributed by atoms with van der Waals surface area (Å²) in [5.41, 5.74) is 1.24.